The van der Waals surface area contributed by atoms with Crippen molar-refractivity contribution in [2.45, 2.75) is 0 Å². The van der Waals surface area contributed by atoms with Crippen LogP contribution < -0.4 is 14.8 Å². The second-order valence-electron chi connectivity index (χ2n) is 4.60. The zero-order valence-corrected chi connectivity index (χ0v) is 12.9. The Hall–Kier alpha value is -3.26. The summed E-state index contributed by atoms with van der Waals surface area (Å²) in [7, 11) is 3.09. The van der Waals surface area contributed by atoms with Gasteiger partial charge in [-0.1, -0.05) is 24.3 Å². The number of carbonyl (C=O) groups excluding carboxylic acids is 1. The Kier molecular flexibility index (Phi) is 5.37. The average molecular weight is 308 g/mol. The highest BCUT2D eigenvalue weighted by Gasteiger charge is 2.12. The van der Waals surface area contributed by atoms with E-state index in [1.54, 1.807) is 55.6 Å². The van der Waals surface area contributed by atoms with Gasteiger partial charge in [0.25, 0.3) is 5.91 Å². The molecule has 2 rings (SSSR count). The number of ether oxygens (including phenoxy) is 2. The molecule has 2 aromatic carbocycles. The zero-order chi connectivity index (χ0) is 16.7. The lowest BCUT2D eigenvalue weighted by Crippen LogP contribution is -2.14. The van der Waals surface area contributed by atoms with Crippen LogP contribution in [0.4, 0.5) is 5.69 Å². The smallest absolute Gasteiger partial charge is 0.266 e. The minimum atomic E-state index is -0.493. The van der Waals surface area contributed by atoms with Crippen LogP contribution in [0.3, 0.4) is 0 Å². The van der Waals surface area contributed by atoms with Crippen molar-refractivity contribution in [2.24, 2.45) is 0 Å². The van der Waals surface area contributed by atoms with Gasteiger partial charge in [-0.3, -0.25) is 4.79 Å². The second-order valence-corrected chi connectivity index (χ2v) is 4.60. The number of benzene rings is 2. The molecule has 5 nitrogen and oxygen atoms in total. The standard InChI is InChI=1S/C18H16N2O3/c1-22-15-9-7-13(8-10-15)11-14(12-19)18(21)20-16-5-3-4-6-17(16)23-2/h3-11H,1-2H3,(H,20,21)/b14-11+. The van der Waals surface area contributed by atoms with Gasteiger partial charge in [0, 0.05) is 0 Å². The molecule has 0 aliphatic carbocycles. The summed E-state index contributed by atoms with van der Waals surface area (Å²) in [5.74, 6) is 0.745. The van der Waals surface area contributed by atoms with E-state index in [0.717, 1.165) is 5.56 Å². The first-order valence-electron chi connectivity index (χ1n) is 6.88. The number of hydrogen-bond acceptors (Lipinski definition) is 4. The molecule has 0 atom stereocenters. The summed E-state index contributed by atoms with van der Waals surface area (Å²) in [6, 6.07) is 16.0. The Bertz CT molecular complexity index is 759. The molecule has 2 aromatic rings. The lowest BCUT2D eigenvalue weighted by molar-refractivity contribution is -0.112. The molecule has 0 spiro atoms. The van der Waals surface area contributed by atoms with Crippen LogP contribution >= 0.6 is 0 Å². The monoisotopic (exact) mass is 308 g/mol. The molecule has 0 aliphatic rings. The number of nitrogens with one attached hydrogen (secondary N) is 1. The predicted octanol–water partition coefficient (Wildman–Crippen LogP) is 3.25. The Morgan fingerprint density at radius 1 is 1.09 bits per heavy atom. The van der Waals surface area contributed by atoms with Crippen molar-refractivity contribution in [3.05, 3.63) is 59.7 Å². The number of rotatable bonds is 5. The van der Waals surface area contributed by atoms with Gasteiger partial charge in [-0.05, 0) is 35.9 Å². The van der Waals surface area contributed by atoms with Gasteiger partial charge < -0.3 is 14.8 Å². The summed E-state index contributed by atoms with van der Waals surface area (Å²) in [5, 5.41) is 11.9. The third-order valence-electron chi connectivity index (χ3n) is 3.15. The molecule has 0 saturated carbocycles. The maximum absolute atomic E-state index is 12.3. The van der Waals surface area contributed by atoms with Gasteiger partial charge in [-0.25, -0.2) is 0 Å². The third-order valence-corrected chi connectivity index (χ3v) is 3.15. The van der Waals surface area contributed by atoms with E-state index in [1.807, 2.05) is 6.07 Å². The molecule has 0 saturated heterocycles. The topological polar surface area (TPSA) is 71.3 Å². The molecule has 0 aliphatic heterocycles. The van der Waals surface area contributed by atoms with Crippen molar-refractivity contribution in [1.29, 1.82) is 5.26 Å². The van der Waals surface area contributed by atoms with E-state index in [1.165, 1.54) is 13.2 Å². The number of nitrogens with zero attached hydrogens (tertiary/aromatic N) is 1. The van der Waals surface area contributed by atoms with Crippen molar-refractivity contribution in [1.82, 2.24) is 0 Å². The normalized spacial score (nSPS) is 10.6. The Morgan fingerprint density at radius 3 is 2.39 bits per heavy atom. The summed E-state index contributed by atoms with van der Waals surface area (Å²) in [6.07, 6.45) is 1.52. The van der Waals surface area contributed by atoms with Crippen molar-refractivity contribution in [2.75, 3.05) is 19.5 Å². The number of carbonyl (C=O) groups is 1. The van der Waals surface area contributed by atoms with Gasteiger partial charge in [0.1, 0.15) is 23.1 Å². The molecule has 23 heavy (non-hydrogen) atoms. The van der Waals surface area contributed by atoms with Crippen LogP contribution in [0.2, 0.25) is 0 Å². The number of methoxy groups -OCH3 is 2. The predicted molar refractivity (Wildman–Crippen MR) is 88.2 cm³/mol. The molecule has 0 fully saturated rings. The van der Waals surface area contributed by atoms with Crippen molar-refractivity contribution < 1.29 is 14.3 Å². The molecule has 0 bridgehead atoms. The van der Waals surface area contributed by atoms with E-state index in [-0.39, 0.29) is 5.57 Å². The average Bonchev–Trinajstić information content (AvgIpc) is 2.60. The van der Waals surface area contributed by atoms with Gasteiger partial charge in [0.15, 0.2) is 0 Å². The van der Waals surface area contributed by atoms with E-state index >= 15 is 0 Å². The molecule has 1 amide bonds. The minimum absolute atomic E-state index is 0.000993. The van der Waals surface area contributed by atoms with Crippen molar-refractivity contribution >= 4 is 17.7 Å². The van der Waals surface area contributed by atoms with E-state index in [9.17, 15) is 10.1 Å². The molecule has 0 heterocycles. The first-order chi connectivity index (χ1) is 11.2. The quantitative estimate of drug-likeness (QED) is 0.680. The molecule has 0 unspecified atom stereocenters. The maximum Gasteiger partial charge on any atom is 0.266 e. The fraction of sp³-hybridized carbons (Fsp3) is 0.111. The Labute approximate surface area is 134 Å². The van der Waals surface area contributed by atoms with E-state index in [4.69, 9.17) is 9.47 Å². The zero-order valence-electron chi connectivity index (χ0n) is 12.9. The molecule has 1 N–H and O–H groups in total. The number of amides is 1. The van der Waals surface area contributed by atoms with Gasteiger partial charge in [-0.15, -0.1) is 0 Å². The van der Waals surface area contributed by atoms with Crippen LogP contribution in [0.1, 0.15) is 5.56 Å². The number of para-hydroxylation sites is 2. The van der Waals surface area contributed by atoms with Crippen LogP contribution in [0.15, 0.2) is 54.1 Å². The van der Waals surface area contributed by atoms with Crippen LogP contribution in [0.5, 0.6) is 11.5 Å². The van der Waals surface area contributed by atoms with E-state index in [2.05, 4.69) is 5.32 Å². The van der Waals surface area contributed by atoms with Crippen LogP contribution in [-0.4, -0.2) is 20.1 Å². The van der Waals surface area contributed by atoms with Gasteiger partial charge in [-0.2, -0.15) is 5.26 Å². The summed E-state index contributed by atoms with van der Waals surface area (Å²) in [4.78, 5) is 12.3. The summed E-state index contributed by atoms with van der Waals surface area (Å²) >= 11 is 0. The summed E-state index contributed by atoms with van der Waals surface area (Å²) in [5.41, 5.74) is 1.24. The van der Waals surface area contributed by atoms with E-state index in [0.29, 0.717) is 17.2 Å². The van der Waals surface area contributed by atoms with Crippen LogP contribution in [-0.2, 0) is 4.79 Å². The molecular weight excluding hydrogens is 292 g/mol. The van der Waals surface area contributed by atoms with Crippen LogP contribution in [0.25, 0.3) is 6.08 Å². The van der Waals surface area contributed by atoms with Gasteiger partial charge in [0.2, 0.25) is 0 Å². The fourth-order valence-corrected chi connectivity index (χ4v) is 1.95. The lowest BCUT2D eigenvalue weighted by Gasteiger charge is -2.09. The molecule has 0 aromatic heterocycles. The highest BCUT2D eigenvalue weighted by molar-refractivity contribution is 6.10. The van der Waals surface area contributed by atoms with Crippen molar-refractivity contribution in [3.63, 3.8) is 0 Å². The molecule has 0 radical (unpaired) electrons. The van der Waals surface area contributed by atoms with E-state index < -0.39 is 5.91 Å². The van der Waals surface area contributed by atoms with Gasteiger partial charge >= 0.3 is 0 Å². The highest BCUT2D eigenvalue weighted by atomic mass is 16.5. The molecule has 5 heteroatoms. The van der Waals surface area contributed by atoms with Crippen molar-refractivity contribution in [3.8, 4) is 17.6 Å². The number of anilines is 1. The minimum Gasteiger partial charge on any atom is -0.497 e. The van der Waals surface area contributed by atoms with Crippen LogP contribution in [0, 0.1) is 11.3 Å². The maximum atomic E-state index is 12.3. The fourth-order valence-electron chi connectivity index (χ4n) is 1.95. The SMILES string of the molecule is COc1ccc(/C=C(\C#N)C(=O)Nc2ccccc2OC)cc1. The third kappa shape index (κ3) is 4.11. The number of nitriles is 1. The highest BCUT2D eigenvalue weighted by Crippen LogP contribution is 2.23. The van der Waals surface area contributed by atoms with Gasteiger partial charge in [0.05, 0.1) is 19.9 Å². The largest absolute Gasteiger partial charge is 0.497 e. The molecular formula is C18H16N2O3. The second kappa shape index (κ2) is 7.66. The molecule has 116 valence electrons. The Balaban J connectivity index is 2.21. The summed E-state index contributed by atoms with van der Waals surface area (Å²) in [6.45, 7) is 0. The Morgan fingerprint density at radius 2 is 1.78 bits per heavy atom. The lowest BCUT2D eigenvalue weighted by atomic mass is 10.1. The summed E-state index contributed by atoms with van der Waals surface area (Å²) < 4.78 is 10.2. The number of hydrogen-bond donors (Lipinski definition) is 1. The first kappa shape index (κ1) is 16.1. The first-order valence-corrected chi connectivity index (χ1v) is 6.88.